The van der Waals surface area contributed by atoms with Crippen LogP contribution < -0.4 is 19.3 Å². The first-order valence-corrected chi connectivity index (χ1v) is 32.9. The monoisotopic (exact) mass is 1330 g/mol. The molecule has 11 heteroatoms. The van der Waals surface area contributed by atoms with Gasteiger partial charge in [-0.3, -0.25) is 0 Å². The van der Waals surface area contributed by atoms with Gasteiger partial charge in [0, 0.05) is 34.9 Å². The Kier molecular flexibility index (Phi) is 15.0. The minimum Gasteiger partial charge on any atom is -0.457 e. The number of halogens is 6. The van der Waals surface area contributed by atoms with Gasteiger partial charge in [-0.15, -0.1) is 0 Å². The predicted octanol–water partition coefficient (Wildman–Crippen LogP) is 25.0. The van der Waals surface area contributed by atoms with Crippen molar-refractivity contribution in [2.45, 2.75) is 10.8 Å². The smallest absolute Gasteiger partial charge is 0.160 e. The molecule has 1 aromatic heterocycles. The van der Waals surface area contributed by atoms with Crippen LogP contribution in [0.5, 0.6) is 23.0 Å². The van der Waals surface area contributed by atoms with E-state index in [4.69, 9.17) is 13.9 Å². The van der Waals surface area contributed by atoms with Crippen LogP contribution in [0.3, 0.4) is 0 Å². The lowest BCUT2D eigenvalue weighted by Crippen LogP contribution is -2.29. The summed E-state index contributed by atoms with van der Waals surface area (Å²) in [6.07, 6.45) is 3.53. The molecule has 2 aliphatic rings. The van der Waals surface area contributed by atoms with Crippen molar-refractivity contribution < 1.29 is 40.2 Å². The van der Waals surface area contributed by atoms with Crippen molar-refractivity contribution in [3.8, 4) is 45.3 Å². The van der Waals surface area contributed by atoms with Crippen molar-refractivity contribution in [3.05, 3.63) is 407 Å². The summed E-state index contributed by atoms with van der Waals surface area (Å²) in [4.78, 5) is 3.73. The molecule has 0 amide bonds. The third kappa shape index (κ3) is 10.2. The number of hydrogen-bond donors (Lipinski definition) is 0. The van der Waals surface area contributed by atoms with Crippen LogP contribution in [0.4, 0.5) is 60.5 Å². The Bertz CT molecular complexity index is 5420. The van der Waals surface area contributed by atoms with Gasteiger partial charge < -0.3 is 23.7 Å². The number of benzene rings is 14. The quantitative estimate of drug-likeness (QED) is 0.0902. The van der Waals surface area contributed by atoms with Gasteiger partial charge in [-0.25, -0.2) is 26.3 Å². The molecule has 486 valence electrons. The zero-order valence-corrected chi connectivity index (χ0v) is 53.8. The highest BCUT2D eigenvalue weighted by molar-refractivity contribution is 6.19. The van der Waals surface area contributed by atoms with Gasteiger partial charge in [0.25, 0.3) is 0 Å². The maximum absolute atomic E-state index is 16.3. The average Bonchev–Trinajstić information content (AvgIpc) is 1.56. The second-order valence-electron chi connectivity index (χ2n) is 25.1. The standard InChI is InChI=1S/C90H56F6N2O3/c1-3-55-19-39-67(40-20-55)99-69-43-27-59(28-44-69)89(57-23-31-61(91)32-24-57)75-13-7-5-11-71(75)73-47-35-63(51-77(73)89)97(65-37-49-79(93)81(95)53-65)83-15-9-17-85-87(83)88-84(16-10-18-86(88)101-85)98(66-38-50-80(94)82(96)54-66)64-36-48-74-72-12-6-8-14-76(72)90(78(74)52-64,58-25-33-62(92)34-26-58)60-29-45-70(46-30-60)100-68-41-21-56(4-2)22-42-68/h3-54H,1-2H2. The molecule has 0 saturated heterocycles. The van der Waals surface area contributed by atoms with Gasteiger partial charge in [-0.1, -0.05) is 171 Å². The number of nitrogens with zero attached hydrogens (tertiary/aromatic N) is 2. The van der Waals surface area contributed by atoms with Crippen LogP contribution in [-0.2, 0) is 10.8 Å². The van der Waals surface area contributed by atoms with Crippen LogP contribution in [0, 0.1) is 34.9 Å². The lowest BCUT2D eigenvalue weighted by molar-refractivity contribution is 0.482. The number of hydrogen-bond acceptors (Lipinski definition) is 5. The Morgan fingerprint density at radius 3 is 0.990 bits per heavy atom. The highest BCUT2D eigenvalue weighted by Gasteiger charge is 2.48. The van der Waals surface area contributed by atoms with E-state index in [0.717, 1.165) is 102 Å². The van der Waals surface area contributed by atoms with Gasteiger partial charge in [0.2, 0.25) is 0 Å². The van der Waals surface area contributed by atoms with Crippen LogP contribution in [-0.4, -0.2) is 0 Å². The van der Waals surface area contributed by atoms with E-state index in [-0.39, 0.29) is 11.4 Å². The molecular formula is C90H56F6N2O3. The number of rotatable bonds is 16. The van der Waals surface area contributed by atoms with Crippen molar-refractivity contribution in [1.82, 2.24) is 0 Å². The maximum atomic E-state index is 16.3. The second kappa shape index (κ2) is 24.6. The molecular weight excluding hydrogens is 1270 g/mol. The third-order valence-corrected chi connectivity index (χ3v) is 19.7. The summed E-state index contributed by atoms with van der Waals surface area (Å²) in [5.74, 6) is -2.68. The van der Waals surface area contributed by atoms with E-state index in [2.05, 4.69) is 49.6 Å². The summed E-state index contributed by atoms with van der Waals surface area (Å²) in [5, 5.41) is 1.07. The largest absolute Gasteiger partial charge is 0.457 e. The van der Waals surface area contributed by atoms with Crippen molar-refractivity contribution >= 4 is 68.2 Å². The molecule has 5 nitrogen and oxygen atoms in total. The van der Waals surface area contributed by atoms with Crippen LogP contribution in [0.25, 0.3) is 56.3 Å². The molecule has 0 saturated carbocycles. The first-order valence-electron chi connectivity index (χ1n) is 32.9. The molecule has 101 heavy (non-hydrogen) atoms. The zero-order chi connectivity index (χ0) is 68.7. The van der Waals surface area contributed by atoms with Crippen LogP contribution in [0.2, 0.25) is 0 Å². The van der Waals surface area contributed by atoms with Crippen LogP contribution in [0.15, 0.2) is 321 Å². The molecule has 2 atom stereocenters. The number of fused-ring (bicyclic) bond motifs is 9. The number of anilines is 6. The number of furan rings is 1. The lowest BCUT2D eigenvalue weighted by atomic mass is 9.67. The minimum absolute atomic E-state index is 0.253. The Labute approximate surface area is 578 Å². The van der Waals surface area contributed by atoms with Gasteiger partial charge in [0.05, 0.1) is 33.0 Å². The fourth-order valence-corrected chi connectivity index (χ4v) is 15.3. The Morgan fingerprint density at radius 2 is 0.624 bits per heavy atom. The molecule has 2 aliphatic carbocycles. The summed E-state index contributed by atoms with van der Waals surface area (Å²) in [6, 6.07) is 90.8. The lowest BCUT2D eigenvalue weighted by Gasteiger charge is -2.35. The fourth-order valence-electron chi connectivity index (χ4n) is 15.3. The molecule has 0 bridgehead atoms. The van der Waals surface area contributed by atoms with Gasteiger partial charge >= 0.3 is 0 Å². The van der Waals surface area contributed by atoms with Gasteiger partial charge in [0.15, 0.2) is 23.3 Å². The SMILES string of the molecule is C=Cc1ccc(Oc2ccc(C3(c4ccc(F)cc4)c4ccccc4-c4ccc(N(c5ccc(F)c(F)c5)c5cccc6oc7cccc(N(c8ccc(F)c(F)c8)c8ccc9c(c8)C(c8ccc(F)cc8)(c8ccc(Oc%10ccc(C=C)cc%10)cc8)c8ccccc8-9)c7c56)cc43)cc2)cc1. The zero-order valence-electron chi connectivity index (χ0n) is 53.8. The third-order valence-electron chi connectivity index (χ3n) is 19.7. The Balaban J connectivity index is 0.873. The normalized spacial score (nSPS) is 14.8. The van der Waals surface area contributed by atoms with Gasteiger partial charge in [0.1, 0.15) is 45.8 Å². The number of ether oxygens (including phenoxy) is 2. The van der Waals surface area contributed by atoms with Crippen molar-refractivity contribution in [1.29, 1.82) is 0 Å². The van der Waals surface area contributed by atoms with E-state index in [1.165, 1.54) is 36.4 Å². The van der Waals surface area contributed by atoms with Crippen LogP contribution in [0.1, 0.15) is 55.6 Å². The summed E-state index contributed by atoms with van der Waals surface area (Å²) < 4.78 is 114. The van der Waals surface area contributed by atoms with Crippen LogP contribution >= 0.6 is 0 Å². The second-order valence-corrected chi connectivity index (χ2v) is 25.1. The first kappa shape index (κ1) is 61.7. The molecule has 17 rings (SSSR count). The average molecular weight is 1330 g/mol. The van der Waals surface area contributed by atoms with Crippen molar-refractivity contribution in [2.75, 3.05) is 9.80 Å². The molecule has 15 aromatic rings. The summed E-state index contributed by atoms with van der Waals surface area (Å²) in [6.45, 7) is 7.76. The molecule has 0 aliphatic heterocycles. The molecule has 2 unspecified atom stereocenters. The topological polar surface area (TPSA) is 38.1 Å². The first-order chi connectivity index (χ1) is 49.4. The molecule has 14 aromatic carbocycles. The molecule has 0 radical (unpaired) electrons. The van der Waals surface area contributed by atoms with Crippen molar-refractivity contribution in [2.24, 2.45) is 0 Å². The van der Waals surface area contributed by atoms with E-state index in [1.54, 1.807) is 36.4 Å². The summed E-state index contributed by atoms with van der Waals surface area (Å²) in [7, 11) is 0. The maximum Gasteiger partial charge on any atom is 0.160 e. The van der Waals surface area contributed by atoms with Crippen molar-refractivity contribution in [3.63, 3.8) is 0 Å². The Hall–Kier alpha value is -12.9. The van der Waals surface area contributed by atoms with E-state index in [1.807, 2.05) is 192 Å². The fraction of sp³-hybridized carbons (Fsp3) is 0.0222. The molecule has 0 spiro atoms. The van der Waals surface area contributed by atoms with Gasteiger partial charge in [-0.2, -0.15) is 0 Å². The predicted molar refractivity (Wildman–Crippen MR) is 391 cm³/mol. The molecule has 1 heterocycles. The van der Waals surface area contributed by atoms with E-state index in [9.17, 15) is 0 Å². The Morgan fingerprint density at radius 1 is 0.297 bits per heavy atom. The molecule has 0 N–H and O–H groups in total. The minimum atomic E-state index is -1.10. The van der Waals surface area contributed by atoms with E-state index < -0.39 is 45.7 Å². The highest BCUT2D eigenvalue weighted by Crippen LogP contribution is 2.61. The highest BCUT2D eigenvalue weighted by atomic mass is 19.2. The molecule has 0 fully saturated rings. The summed E-state index contributed by atoms with van der Waals surface area (Å²) >= 11 is 0. The van der Waals surface area contributed by atoms with E-state index in [0.29, 0.717) is 67.7 Å². The summed E-state index contributed by atoms with van der Waals surface area (Å²) in [5.41, 5.74) is 13.4. The van der Waals surface area contributed by atoms with Gasteiger partial charge in [-0.05, 0) is 223 Å². The van der Waals surface area contributed by atoms with E-state index >= 15 is 26.3 Å².